The zero-order valence-electron chi connectivity index (χ0n) is 19.7. The summed E-state index contributed by atoms with van der Waals surface area (Å²) in [6.45, 7) is 8.11. The van der Waals surface area contributed by atoms with Crippen LogP contribution in [0.25, 0.3) is 29.2 Å². The van der Waals surface area contributed by atoms with Crippen LogP contribution >= 0.6 is 0 Å². The van der Waals surface area contributed by atoms with E-state index in [1.54, 1.807) is 42.5 Å². The van der Waals surface area contributed by atoms with Crippen molar-refractivity contribution < 1.29 is 14.3 Å². The second kappa shape index (κ2) is 11.2. The molecule has 3 rings (SSSR count). The first-order chi connectivity index (χ1) is 16.4. The number of hydrogen-bond donors (Lipinski definition) is 1. The van der Waals surface area contributed by atoms with Gasteiger partial charge in [0.2, 0.25) is 0 Å². The van der Waals surface area contributed by atoms with Crippen molar-refractivity contribution in [2.24, 2.45) is 0 Å². The van der Waals surface area contributed by atoms with Gasteiger partial charge in [0.05, 0.1) is 5.56 Å². The SMILES string of the molecule is CCCN(CCC)c1ccc2c(C)c(/C=C/c3ccc(/C=C(/C#N)C(=O)O)cc3)c(=O)oc2c1. The number of hydrogen-bond acceptors (Lipinski definition) is 5. The number of carboxylic acids is 1. The van der Waals surface area contributed by atoms with E-state index in [0.29, 0.717) is 16.7 Å². The molecule has 2 aromatic carbocycles. The number of rotatable bonds is 9. The van der Waals surface area contributed by atoms with Gasteiger partial charge in [0.25, 0.3) is 0 Å². The van der Waals surface area contributed by atoms with Gasteiger partial charge in [0, 0.05) is 30.2 Å². The van der Waals surface area contributed by atoms with Gasteiger partial charge in [0.1, 0.15) is 17.2 Å². The number of benzene rings is 2. The van der Waals surface area contributed by atoms with E-state index >= 15 is 0 Å². The molecule has 174 valence electrons. The van der Waals surface area contributed by atoms with Crippen molar-refractivity contribution in [3.05, 3.63) is 80.7 Å². The minimum absolute atomic E-state index is 0.330. The molecule has 0 bridgehead atoms. The Balaban J connectivity index is 1.90. The van der Waals surface area contributed by atoms with Gasteiger partial charge < -0.3 is 14.4 Å². The van der Waals surface area contributed by atoms with Gasteiger partial charge in [-0.2, -0.15) is 5.26 Å². The van der Waals surface area contributed by atoms with Crippen LogP contribution in [-0.4, -0.2) is 24.2 Å². The lowest BCUT2D eigenvalue weighted by Gasteiger charge is -2.24. The highest BCUT2D eigenvalue weighted by Gasteiger charge is 2.12. The highest BCUT2D eigenvalue weighted by molar-refractivity contribution is 5.96. The number of fused-ring (bicyclic) bond motifs is 1. The molecular formula is C28H28N2O4. The molecule has 0 saturated carbocycles. The normalized spacial score (nSPS) is 11.6. The Morgan fingerprint density at radius 2 is 1.71 bits per heavy atom. The minimum Gasteiger partial charge on any atom is -0.477 e. The van der Waals surface area contributed by atoms with E-state index in [0.717, 1.165) is 48.1 Å². The van der Waals surface area contributed by atoms with Crippen LogP contribution in [0.1, 0.15) is 48.9 Å². The van der Waals surface area contributed by atoms with Crippen LogP contribution in [-0.2, 0) is 4.79 Å². The van der Waals surface area contributed by atoms with Crippen LogP contribution in [0.2, 0.25) is 0 Å². The number of nitriles is 1. The molecular weight excluding hydrogens is 428 g/mol. The molecule has 0 aliphatic carbocycles. The lowest BCUT2D eigenvalue weighted by Crippen LogP contribution is -2.24. The van der Waals surface area contributed by atoms with E-state index < -0.39 is 11.6 Å². The van der Waals surface area contributed by atoms with Crippen LogP contribution in [0.15, 0.2) is 57.2 Å². The van der Waals surface area contributed by atoms with Gasteiger partial charge in [-0.3, -0.25) is 0 Å². The van der Waals surface area contributed by atoms with E-state index in [-0.39, 0.29) is 5.57 Å². The standard InChI is InChI=1S/C28H28N2O4/c1-4-14-30(15-5-2)23-11-13-24-19(3)25(28(33)34-26(24)17-23)12-10-20-6-8-21(9-7-20)16-22(18-29)27(31)32/h6-13,16-17H,4-5,14-15H2,1-3H3,(H,31,32)/b12-10+,22-16-. The Morgan fingerprint density at radius 1 is 1.06 bits per heavy atom. The van der Waals surface area contributed by atoms with Gasteiger partial charge in [-0.25, -0.2) is 9.59 Å². The third kappa shape index (κ3) is 5.62. The molecule has 6 nitrogen and oxygen atoms in total. The molecule has 0 unspecified atom stereocenters. The maximum atomic E-state index is 12.8. The monoisotopic (exact) mass is 456 g/mol. The van der Waals surface area contributed by atoms with Crippen LogP contribution in [0, 0.1) is 18.3 Å². The second-order valence-corrected chi connectivity index (χ2v) is 8.07. The number of anilines is 1. The molecule has 1 aromatic heterocycles. The molecule has 0 aliphatic heterocycles. The van der Waals surface area contributed by atoms with Crippen molar-refractivity contribution in [2.45, 2.75) is 33.6 Å². The summed E-state index contributed by atoms with van der Waals surface area (Å²) in [5.41, 5.74) is 3.69. The summed E-state index contributed by atoms with van der Waals surface area (Å²) in [5.74, 6) is -1.26. The Kier molecular flexibility index (Phi) is 8.05. The van der Waals surface area contributed by atoms with Crippen LogP contribution < -0.4 is 10.5 Å². The van der Waals surface area contributed by atoms with E-state index in [1.807, 2.05) is 19.1 Å². The molecule has 1 N–H and O–H groups in total. The zero-order valence-corrected chi connectivity index (χ0v) is 19.7. The van der Waals surface area contributed by atoms with E-state index in [4.69, 9.17) is 14.8 Å². The van der Waals surface area contributed by atoms with Gasteiger partial charge in [0.15, 0.2) is 0 Å². The van der Waals surface area contributed by atoms with Gasteiger partial charge in [-0.1, -0.05) is 44.2 Å². The molecule has 34 heavy (non-hydrogen) atoms. The van der Waals surface area contributed by atoms with Crippen molar-refractivity contribution in [1.82, 2.24) is 0 Å². The van der Waals surface area contributed by atoms with Crippen LogP contribution in [0.5, 0.6) is 0 Å². The Bertz CT molecular complexity index is 1340. The van der Waals surface area contributed by atoms with Crippen LogP contribution in [0.3, 0.4) is 0 Å². The first-order valence-electron chi connectivity index (χ1n) is 11.3. The highest BCUT2D eigenvalue weighted by atomic mass is 16.4. The van der Waals surface area contributed by atoms with Gasteiger partial charge in [-0.15, -0.1) is 0 Å². The average molecular weight is 457 g/mol. The predicted octanol–water partition coefficient (Wildman–Crippen LogP) is 5.89. The molecule has 0 saturated heterocycles. The predicted molar refractivity (Wildman–Crippen MR) is 137 cm³/mol. The maximum Gasteiger partial charge on any atom is 0.346 e. The molecule has 6 heteroatoms. The Morgan fingerprint density at radius 3 is 2.29 bits per heavy atom. The highest BCUT2D eigenvalue weighted by Crippen LogP contribution is 2.26. The number of aryl methyl sites for hydroxylation is 1. The van der Waals surface area contributed by atoms with Gasteiger partial charge in [-0.05, 0) is 60.7 Å². The Hall–Kier alpha value is -4.11. The molecule has 0 atom stereocenters. The van der Waals surface area contributed by atoms with Crippen LogP contribution in [0.4, 0.5) is 5.69 Å². The topological polar surface area (TPSA) is 94.5 Å². The summed E-state index contributed by atoms with van der Waals surface area (Å²) in [5, 5.41) is 18.8. The van der Waals surface area contributed by atoms with Gasteiger partial charge >= 0.3 is 11.6 Å². The molecule has 3 aromatic rings. The fraction of sp³-hybridized carbons (Fsp3) is 0.250. The largest absolute Gasteiger partial charge is 0.477 e. The fourth-order valence-corrected chi connectivity index (χ4v) is 3.85. The third-order valence-electron chi connectivity index (χ3n) is 5.59. The zero-order chi connectivity index (χ0) is 24.7. The fourth-order valence-electron chi connectivity index (χ4n) is 3.85. The first-order valence-corrected chi connectivity index (χ1v) is 11.3. The lowest BCUT2D eigenvalue weighted by atomic mass is 10.0. The molecule has 1 heterocycles. The first kappa shape index (κ1) is 24.5. The Labute approximate surface area is 199 Å². The summed E-state index contributed by atoms with van der Waals surface area (Å²) in [4.78, 5) is 26.0. The maximum absolute atomic E-state index is 12.8. The average Bonchev–Trinajstić information content (AvgIpc) is 2.82. The van der Waals surface area contributed by atoms with E-state index in [9.17, 15) is 9.59 Å². The second-order valence-electron chi connectivity index (χ2n) is 8.07. The number of nitrogens with zero attached hydrogens (tertiary/aromatic N) is 2. The summed E-state index contributed by atoms with van der Waals surface area (Å²) >= 11 is 0. The number of aliphatic carboxylic acids is 1. The lowest BCUT2D eigenvalue weighted by molar-refractivity contribution is -0.132. The molecule has 0 radical (unpaired) electrons. The smallest absolute Gasteiger partial charge is 0.346 e. The molecule has 0 spiro atoms. The summed E-state index contributed by atoms with van der Waals surface area (Å²) in [7, 11) is 0. The number of carbonyl (C=O) groups is 1. The van der Waals surface area contributed by atoms with Crippen molar-refractivity contribution in [3.63, 3.8) is 0 Å². The van der Waals surface area contributed by atoms with E-state index in [1.165, 1.54) is 6.08 Å². The summed E-state index contributed by atoms with van der Waals surface area (Å²) in [6, 6.07) is 14.7. The molecule has 0 fully saturated rings. The number of carboxylic acid groups (broad SMARTS) is 1. The molecule has 0 amide bonds. The molecule has 0 aliphatic rings. The van der Waals surface area contributed by atoms with E-state index in [2.05, 4.69) is 24.8 Å². The van der Waals surface area contributed by atoms with Crippen molar-refractivity contribution in [1.29, 1.82) is 5.26 Å². The summed E-state index contributed by atoms with van der Waals surface area (Å²) in [6.07, 6.45) is 6.94. The summed E-state index contributed by atoms with van der Waals surface area (Å²) < 4.78 is 5.68. The van der Waals surface area contributed by atoms with Crippen molar-refractivity contribution in [3.8, 4) is 6.07 Å². The van der Waals surface area contributed by atoms with Crippen molar-refractivity contribution >= 4 is 40.9 Å². The minimum atomic E-state index is -1.26. The third-order valence-corrected chi connectivity index (χ3v) is 5.59. The van der Waals surface area contributed by atoms with Crippen molar-refractivity contribution in [2.75, 3.05) is 18.0 Å². The quantitative estimate of drug-likeness (QED) is 0.245.